The van der Waals surface area contributed by atoms with Gasteiger partial charge in [0.25, 0.3) is 0 Å². The van der Waals surface area contributed by atoms with Crippen LogP contribution in [0, 0.1) is 11.8 Å². The second-order valence-corrected chi connectivity index (χ2v) is 5.05. The molecule has 0 aromatic carbocycles. The molecule has 0 amide bonds. The highest BCUT2D eigenvalue weighted by molar-refractivity contribution is 5.66. The maximum absolute atomic E-state index is 10.4. The van der Waals surface area contributed by atoms with Gasteiger partial charge < -0.3 is 15.2 Å². The summed E-state index contributed by atoms with van der Waals surface area (Å²) >= 11 is 0. The van der Waals surface area contributed by atoms with Crippen molar-refractivity contribution in [3.8, 4) is 0 Å². The molecule has 2 N–H and O–H groups in total. The first kappa shape index (κ1) is 16.4. The third-order valence-corrected chi connectivity index (χ3v) is 2.54. The van der Waals surface area contributed by atoms with Gasteiger partial charge in [-0.05, 0) is 31.2 Å². The van der Waals surface area contributed by atoms with Gasteiger partial charge in [-0.15, -0.1) is 0 Å². The maximum Gasteiger partial charge on any atom is 0.303 e. The predicted octanol–water partition coefficient (Wildman–Crippen LogP) is 2.14. The molecule has 17 heavy (non-hydrogen) atoms. The summed E-state index contributed by atoms with van der Waals surface area (Å²) in [4.78, 5) is 10.4. The molecular weight excluding hydrogens is 218 g/mol. The van der Waals surface area contributed by atoms with E-state index in [0.717, 1.165) is 39.1 Å². The Bertz CT molecular complexity index is 195. The van der Waals surface area contributed by atoms with Gasteiger partial charge in [0.1, 0.15) is 0 Å². The van der Waals surface area contributed by atoms with Gasteiger partial charge in [-0.25, -0.2) is 0 Å². The largest absolute Gasteiger partial charge is 0.481 e. The molecule has 0 aliphatic carbocycles. The summed E-state index contributed by atoms with van der Waals surface area (Å²) in [5.74, 6) is 0.355. The second-order valence-electron chi connectivity index (χ2n) is 5.05. The molecule has 0 aromatic rings. The van der Waals surface area contributed by atoms with Gasteiger partial charge in [0.2, 0.25) is 0 Å². The molecule has 0 aromatic heterocycles. The molecule has 0 aliphatic heterocycles. The molecular formula is C13H27NO3. The number of ether oxygens (including phenoxy) is 1. The second kappa shape index (κ2) is 10.5. The number of carboxylic acid groups (broad SMARTS) is 1. The van der Waals surface area contributed by atoms with Crippen molar-refractivity contribution < 1.29 is 14.6 Å². The summed E-state index contributed by atoms with van der Waals surface area (Å²) < 4.78 is 5.44. The van der Waals surface area contributed by atoms with Crippen molar-refractivity contribution in [3.05, 3.63) is 0 Å². The Hall–Kier alpha value is -0.610. The average Bonchev–Trinajstić information content (AvgIpc) is 2.24. The van der Waals surface area contributed by atoms with Crippen LogP contribution in [0.3, 0.4) is 0 Å². The van der Waals surface area contributed by atoms with Gasteiger partial charge >= 0.3 is 5.97 Å². The molecule has 1 unspecified atom stereocenters. The minimum absolute atomic E-state index is 0.276. The highest BCUT2D eigenvalue weighted by Crippen LogP contribution is 2.08. The maximum atomic E-state index is 10.4. The number of hydrogen-bond donors (Lipinski definition) is 2. The van der Waals surface area contributed by atoms with Crippen LogP contribution in [-0.2, 0) is 9.53 Å². The van der Waals surface area contributed by atoms with Gasteiger partial charge in [0, 0.05) is 19.6 Å². The number of nitrogens with one attached hydrogen (secondary N) is 1. The Morgan fingerprint density at radius 2 is 1.94 bits per heavy atom. The summed E-state index contributed by atoms with van der Waals surface area (Å²) in [6.45, 7) is 9.75. The first-order valence-electron chi connectivity index (χ1n) is 6.52. The van der Waals surface area contributed by atoms with Crippen LogP contribution >= 0.6 is 0 Å². The zero-order chi connectivity index (χ0) is 13.1. The Morgan fingerprint density at radius 1 is 1.24 bits per heavy atom. The van der Waals surface area contributed by atoms with E-state index in [9.17, 15) is 4.79 Å². The summed E-state index contributed by atoms with van der Waals surface area (Å²) in [6.07, 6.45) is 2.07. The van der Waals surface area contributed by atoms with Gasteiger partial charge in [-0.3, -0.25) is 4.79 Å². The summed E-state index contributed by atoms with van der Waals surface area (Å²) in [5.41, 5.74) is 0. The van der Waals surface area contributed by atoms with Crippen molar-refractivity contribution in [2.75, 3.05) is 26.3 Å². The Labute approximate surface area is 105 Å². The molecule has 0 bridgehead atoms. The monoisotopic (exact) mass is 245 g/mol. The molecule has 0 fully saturated rings. The molecule has 102 valence electrons. The lowest BCUT2D eigenvalue weighted by molar-refractivity contribution is -0.137. The Morgan fingerprint density at radius 3 is 2.53 bits per heavy atom. The molecule has 0 spiro atoms. The summed E-state index contributed by atoms with van der Waals surface area (Å²) in [7, 11) is 0. The third-order valence-electron chi connectivity index (χ3n) is 2.54. The molecule has 4 nitrogen and oxygen atoms in total. The fraction of sp³-hybridized carbons (Fsp3) is 0.923. The van der Waals surface area contributed by atoms with E-state index in [1.807, 2.05) is 0 Å². The number of rotatable bonds is 11. The number of hydrogen-bond acceptors (Lipinski definition) is 3. The SMILES string of the molecule is CC(C)COCCNCCC(C)CCC(=O)O. The third kappa shape index (κ3) is 13.3. The smallest absolute Gasteiger partial charge is 0.303 e. The van der Waals surface area contributed by atoms with E-state index in [1.165, 1.54) is 0 Å². The van der Waals surface area contributed by atoms with Crippen molar-refractivity contribution in [2.24, 2.45) is 11.8 Å². The number of aliphatic carboxylic acids is 1. The molecule has 0 saturated carbocycles. The van der Waals surface area contributed by atoms with Crippen LogP contribution in [0.5, 0.6) is 0 Å². The molecule has 4 heteroatoms. The number of carboxylic acids is 1. The van der Waals surface area contributed by atoms with Crippen molar-refractivity contribution >= 4 is 5.97 Å². The van der Waals surface area contributed by atoms with Crippen LogP contribution in [0.15, 0.2) is 0 Å². The minimum Gasteiger partial charge on any atom is -0.481 e. The van der Waals surface area contributed by atoms with Gasteiger partial charge in [0.15, 0.2) is 0 Å². The molecule has 1 atom stereocenters. The van der Waals surface area contributed by atoms with Crippen molar-refractivity contribution in [1.82, 2.24) is 5.32 Å². The van der Waals surface area contributed by atoms with E-state index in [-0.39, 0.29) is 6.42 Å². The first-order chi connectivity index (χ1) is 8.02. The topological polar surface area (TPSA) is 58.6 Å². The number of carbonyl (C=O) groups is 1. The quantitative estimate of drug-likeness (QED) is 0.548. The summed E-state index contributed by atoms with van der Waals surface area (Å²) in [6, 6.07) is 0. The van der Waals surface area contributed by atoms with Crippen LogP contribution < -0.4 is 5.32 Å². The van der Waals surface area contributed by atoms with Crippen LogP contribution in [0.1, 0.15) is 40.0 Å². The van der Waals surface area contributed by atoms with E-state index in [2.05, 4.69) is 26.1 Å². The standard InChI is InChI=1S/C13H27NO3/c1-11(2)10-17-9-8-14-7-6-12(3)4-5-13(15)16/h11-12,14H,4-10H2,1-3H3,(H,15,16). The van der Waals surface area contributed by atoms with E-state index in [4.69, 9.17) is 9.84 Å². The molecule has 0 rings (SSSR count). The average molecular weight is 245 g/mol. The lowest BCUT2D eigenvalue weighted by atomic mass is 10.0. The molecule has 0 heterocycles. The Balaban J connectivity index is 3.19. The highest BCUT2D eigenvalue weighted by atomic mass is 16.5. The molecule has 0 radical (unpaired) electrons. The van der Waals surface area contributed by atoms with Crippen molar-refractivity contribution in [1.29, 1.82) is 0 Å². The van der Waals surface area contributed by atoms with Crippen LogP contribution in [0.25, 0.3) is 0 Å². The lowest BCUT2D eigenvalue weighted by Gasteiger charge is -2.11. The zero-order valence-corrected chi connectivity index (χ0v) is 11.4. The fourth-order valence-corrected chi connectivity index (χ4v) is 1.45. The minimum atomic E-state index is -0.702. The Kier molecular flexibility index (Phi) is 10.2. The van der Waals surface area contributed by atoms with Crippen LogP contribution in [0.4, 0.5) is 0 Å². The van der Waals surface area contributed by atoms with E-state index >= 15 is 0 Å². The molecule has 0 saturated heterocycles. The van der Waals surface area contributed by atoms with Gasteiger partial charge in [0.05, 0.1) is 6.61 Å². The predicted molar refractivity (Wildman–Crippen MR) is 69.2 cm³/mol. The van der Waals surface area contributed by atoms with Crippen LogP contribution in [0.2, 0.25) is 0 Å². The molecule has 0 aliphatic rings. The van der Waals surface area contributed by atoms with Crippen molar-refractivity contribution in [2.45, 2.75) is 40.0 Å². The zero-order valence-electron chi connectivity index (χ0n) is 11.4. The van der Waals surface area contributed by atoms with E-state index in [1.54, 1.807) is 0 Å². The van der Waals surface area contributed by atoms with Gasteiger partial charge in [-0.1, -0.05) is 20.8 Å². The van der Waals surface area contributed by atoms with Crippen molar-refractivity contribution in [3.63, 3.8) is 0 Å². The normalized spacial score (nSPS) is 12.9. The first-order valence-corrected chi connectivity index (χ1v) is 6.52. The highest BCUT2D eigenvalue weighted by Gasteiger charge is 2.04. The fourth-order valence-electron chi connectivity index (χ4n) is 1.45. The summed E-state index contributed by atoms with van der Waals surface area (Å²) in [5, 5.41) is 11.8. The van der Waals surface area contributed by atoms with Gasteiger partial charge in [-0.2, -0.15) is 0 Å². The van der Waals surface area contributed by atoms with Crippen LogP contribution in [-0.4, -0.2) is 37.4 Å². The lowest BCUT2D eigenvalue weighted by Crippen LogP contribution is -2.23. The van der Waals surface area contributed by atoms with E-state index < -0.39 is 5.97 Å². The van der Waals surface area contributed by atoms with E-state index in [0.29, 0.717) is 11.8 Å².